The first-order valence-corrected chi connectivity index (χ1v) is 5.59. The van der Waals surface area contributed by atoms with Crippen molar-refractivity contribution >= 4 is 16.8 Å². The number of fused-ring (bicyclic) bond motifs is 1. The van der Waals surface area contributed by atoms with E-state index in [-0.39, 0.29) is 5.56 Å². The number of rotatable bonds is 3. The van der Waals surface area contributed by atoms with Crippen molar-refractivity contribution in [3.05, 3.63) is 40.9 Å². The van der Waals surface area contributed by atoms with Crippen molar-refractivity contribution in [3.63, 3.8) is 0 Å². The second-order valence-electron chi connectivity index (χ2n) is 3.87. The fraction of sp³-hybridized carbons (Fsp3) is 0.250. The summed E-state index contributed by atoms with van der Waals surface area (Å²) in [6.45, 7) is 1.75. The van der Waals surface area contributed by atoms with Crippen LogP contribution in [0.4, 0.5) is 0 Å². The second-order valence-corrected chi connectivity index (χ2v) is 3.87. The van der Waals surface area contributed by atoms with Crippen molar-refractivity contribution in [1.82, 2.24) is 15.0 Å². The van der Waals surface area contributed by atoms with Crippen molar-refractivity contribution in [2.45, 2.75) is 19.4 Å². The Morgan fingerprint density at radius 1 is 1.50 bits per heavy atom. The first-order valence-electron chi connectivity index (χ1n) is 5.59. The molecule has 0 fully saturated rings. The molecule has 2 N–H and O–H groups in total. The first-order chi connectivity index (χ1) is 8.69. The molecule has 0 saturated carbocycles. The molecule has 0 radical (unpaired) electrons. The number of amides is 1. The SMILES string of the molecule is CC[C@@H](C(=O)NO)n1cnc2ccccc2c1=O. The largest absolute Gasteiger partial charge is 0.289 e. The molecule has 94 valence electrons. The van der Waals surface area contributed by atoms with E-state index in [0.29, 0.717) is 17.3 Å². The quantitative estimate of drug-likeness (QED) is 0.622. The smallest absolute Gasteiger partial charge is 0.266 e. The Morgan fingerprint density at radius 3 is 2.89 bits per heavy atom. The zero-order valence-corrected chi connectivity index (χ0v) is 9.83. The lowest BCUT2D eigenvalue weighted by atomic mass is 10.2. The highest BCUT2D eigenvalue weighted by Gasteiger charge is 2.19. The predicted octanol–water partition coefficient (Wildman–Crippen LogP) is 0.853. The lowest BCUT2D eigenvalue weighted by Crippen LogP contribution is -2.35. The van der Waals surface area contributed by atoms with Crippen molar-refractivity contribution in [2.24, 2.45) is 0 Å². The van der Waals surface area contributed by atoms with Crippen LogP contribution in [0.1, 0.15) is 19.4 Å². The van der Waals surface area contributed by atoms with Crippen molar-refractivity contribution in [2.75, 3.05) is 0 Å². The van der Waals surface area contributed by atoms with E-state index < -0.39 is 11.9 Å². The van der Waals surface area contributed by atoms with Gasteiger partial charge < -0.3 is 0 Å². The zero-order chi connectivity index (χ0) is 13.1. The summed E-state index contributed by atoms with van der Waals surface area (Å²) < 4.78 is 1.23. The molecule has 1 aromatic carbocycles. The molecule has 1 atom stereocenters. The fourth-order valence-electron chi connectivity index (χ4n) is 1.89. The molecule has 0 spiro atoms. The molecule has 0 aliphatic heterocycles. The molecule has 1 heterocycles. The lowest BCUT2D eigenvalue weighted by Gasteiger charge is -2.15. The Morgan fingerprint density at radius 2 is 2.22 bits per heavy atom. The van der Waals surface area contributed by atoms with Gasteiger partial charge in [-0.15, -0.1) is 0 Å². The highest BCUT2D eigenvalue weighted by Crippen LogP contribution is 2.11. The first kappa shape index (κ1) is 12.3. The summed E-state index contributed by atoms with van der Waals surface area (Å²) >= 11 is 0. The third kappa shape index (κ3) is 1.98. The number of aromatic nitrogens is 2. The molecule has 0 bridgehead atoms. The van der Waals surface area contributed by atoms with E-state index in [1.165, 1.54) is 10.9 Å². The Bertz CT molecular complexity index is 636. The van der Waals surface area contributed by atoms with E-state index in [1.807, 2.05) is 0 Å². The molecule has 0 aliphatic rings. The summed E-state index contributed by atoms with van der Waals surface area (Å²) in [7, 11) is 0. The van der Waals surface area contributed by atoms with Gasteiger partial charge in [-0.2, -0.15) is 0 Å². The Kier molecular flexibility index (Phi) is 3.38. The molecule has 0 unspecified atom stereocenters. The summed E-state index contributed by atoms with van der Waals surface area (Å²) in [5.74, 6) is -0.628. The third-order valence-corrected chi connectivity index (χ3v) is 2.83. The van der Waals surface area contributed by atoms with Crippen molar-refractivity contribution in [1.29, 1.82) is 0 Å². The van der Waals surface area contributed by atoms with Gasteiger partial charge in [-0.3, -0.25) is 19.4 Å². The minimum atomic E-state index is -0.764. The minimum absolute atomic E-state index is 0.295. The molecule has 0 saturated heterocycles. The summed E-state index contributed by atoms with van der Waals surface area (Å²) in [5, 5.41) is 9.11. The van der Waals surface area contributed by atoms with E-state index in [4.69, 9.17) is 5.21 Å². The van der Waals surface area contributed by atoms with E-state index >= 15 is 0 Å². The number of para-hydroxylation sites is 1. The highest BCUT2D eigenvalue weighted by molar-refractivity contribution is 5.80. The van der Waals surface area contributed by atoms with Gasteiger partial charge in [0.1, 0.15) is 6.04 Å². The topological polar surface area (TPSA) is 84.2 Å². The fourth-order valence-corrected chi connectivity index (χ4v) is 1.89. The number of benzene rings is 1. The van der Waals surface area contributed by atoms with E-state index in [1.54, 1.807) is 36.7 Å². The molecular formula is C12H13N3O3. The third-order valence-electron chi connectivity index (χ3n) is 2.83. The van der Waals surface area contributed by atoms with Gasteiger partial charge in [-0.05, 0) is 18.6 Å². The van der Waals surface area contributed by atoms with E-state index in [0.717, 1.165) is 0 Å². The number of nitrogens with one attached hydrogen (secondary N) is 1. The maximum absolute atomic E-state index is 12.2. The monoisotopic (exact) mass is 247 g/mol. The average molecular weight is 247 g/mol. The van der Waals surface area contributed by atoms with Gasteiger partial charge >= 0.3 is 0 Å². The maximum atomic E-state index is 12.2. The molecule has 6 heteroatoms. The molecule has 1 amide bonds. The van der Waals surface area contributed by atoms with Gasteiger partial charge in [0.2, 0.25) is 0 Å². The number of carbonyl (C=O) groups excluding carboxylic acids is 1. The Hall–Kier alpha value is -2.21. The molecule has 18 heavy (non-hydrogen) atoms. The Balaban J connectivity index is 2.61. The van der Waals surface area contributed by atoms with E-state index in [2.05, 4.69) is 4.98 Å². The van der Waals surface area contributed by atoms with Crippen LogP contribution in [0.3, 0.4) is 0 Å². The molecule has 2 rings (SSSR count). The predicted molar refractivity (Wildman–Crippen MR) is 65.3 cm³/mol. The standard InChI is InChI=1S/C12H13N3O3/c1-2-10(11(16)14-18)15-7-13-9-6-4-3-5-8(9)12(15)17/h3-7,10,18H,2H2,1H3,(H,14,16)/t10-/m0/s1. The van der Waals surface area contributed by atoms with Crippen molar-refractivity contribution in [3.8, 4) is 0 Å². The average Bonchev–Trinajstić information content (AvgIpc) is 2.42. The van der Waals surface area contributed by atoms with Crippen LogP contribution in [0.25, 0.3) is 10.9 Å². The summed E-state index contributed by atoms with van der Waals surface area (Å²) in [6, 6.07) is 6.15. The molecular weight excluding hydrogens is 234 g/mol. The number of hydrogen-bond donors (Lipinski definition) is 2. The van der Waals surface area contributed by atoms with Crippen LogP contribution in [0.2, 0.25) is 0 Å². The van der Waals surface area contributed by atoms with E-state index in [9.17, 15) is 9.59 Å². The van der Waals surface area contributed by atoms with Crippen LogP contribution in [-0.2, 0) is 4.79 Å². The van der Waals surface area contributed by atoms with Crippen LogP contribution < -0.4 is 11.0 Å². The van der Waals surface area contributed by atoms with Gasteiger partial charge in [0.05, 0.1) is 17.2 Å². The maximum Gasteiger partial charge on any atom is 0.266 e. The van der Waals surface area contributed by atoms with Crippen LogP contribution in [-0.4, -0.2) is 20.7 Å². The highest BCUT2D eigenvalue weighted by atomic mass is 16.5. The van der Waals surface area contributed by atoms with Crippen LogP contribution in [0.15, 0.2) is 35.4 Å². The van der Waals surface area contributed by atoms with Gasteiger partial charge in [-0.25, -0.2) is 10.5 Å². The normalized spacial score (nSPS) is 12.3. The van der Waals surface area contributed by atoms with Crippen LogP contribution in [0.5, 0.6) is 0 Å². The van der Waals surface area contributed by atoms with Gasteiger partial charge in [0, 0.05) is 0 Å². The molecule has 2 aromatic rings. The molecule has 0 aliphatic carbocycles. The van der Waals surface area contributed by atoms with Crippen LogP contribution >= 0.6 is 0 Å². The zero-order valence-electron chi connectivity index (χ0n) is 9.83. The summed E-state index contributed by atoms with van der Waals surface area (Å²) in [6.07, 6.45) is 1.71. The number of nitrogens with zero attached hydrogens (tertiary/aromatic N) is 2. The molecule has 6 nitrogen and oxygen atoms in total. The summed E-state index contributed by atoms with van der Waals surface area (Å²) in [5.41, 5.74) is 1.85. The lowest BCUT2D eigenvalue weighted by molar-refractivity contribution is -0.132. The number of hydroxylamine groups is 1. The van der Waals surface area contributed by atoms with Gasteiger partial charge in [0.25, 0.3) is 11.5 Å². The summed E-state index contributed by atoms with van der Waals surface area (Å²) in [4.78, 5) is 27.8. The second kappa shape index (κ2) is 4.97. The van der Waals surface area contributed by atoms with Crippen LogP contribution in [0, 0.1) is 0 Å². The minimum Gasteiger partial charge on any atom is -0.289 e. The number of carbonyl (C=O) groups is 1. The Labute approximate surface area is 103 Å². The number of hydrogen-bond acceptors (Lipinski definition) is 4. The van der Waals surface area contributed by atoms with Gasteiger partial charge in [-0.1, -0.05) is 19.1 Å². The van der Waals surface area contributed by atoms with Crippen molar-refractivity contribution < 1.29 is 10.0 Å². The molecule has 1 aromatic heterocycles. The van der Waals surface area contributed by atoms with Gasteiger partial charge in [0.15, 0.2) is 0 Å².